The number of morpholine rings is 1. The van der Waals surface area contributed by atoms with E-state index in [1.54, 1.807) is 6.33 Å². The van der Waals surface area contributed by atoms with E-state index in [0.717, 1.165) is 37.9 Å². The summed E-state index contributed by atoms with van der Waals surface area (Å²) in [6.07, 6.45) is 1.57. The molecule has 1 atom stereocenters. The lowest BCUT2D eigenvalue weighted by atomic mass is 10.2. The summed E-state index contributed by atoms with van der Waals surface area (Å²) < 4.78 is 5.43. The first-order valence-corrected chi connectivity index (χ1v) is 5.81. The predicted molar refractivity (Wildman–Crippen MR) is 67.5 cm³/mol. The number of rotatable bonds is 4. The number of aromatic nitrogens is 2. The molecular formula is C11H19N5O. The Morgan fingerprint density at radius 1 is 1.59 bits per heavy atom. The molecule has 0 saturated carbocycles. The number of likely N-dealkylation sites (N-methyl/N-ethyl adjacent to an activating group) is 1. The summed E-state index contributed by atoms with van der Waals surface area (Å²) in [6, 6.07) is 2.30. The van der Waals surface area contributed by atoms with Crippen LogP contribution in [-0.2, 0) is 4.74 Å². The van der Waals surface area contributed by atoms with Crippen molar-refractivity contribution in [3.05, 3.63) is 12.4 Å². The number of nitrogens with one attached hydrogen (secondary N) is 2. The molecule has 2 rings (SSSR count). The molecule has 0 bridgehead atoms. The maximum atomic E-state index is 5.43. The van der Waals surface area contributed by atoms with E-state index in [4.69, 9.17) is 4.74 Å². The van der Waals surface area contributed by atoms with Crippen LogP contribution in [0.1, 0.15) is 0 Å². The summed E-state index contributed by atoms with van der Waals surface area (Å²) in [6.45, 7) is 3.36. The van der Waals surface area contributed by atoms with E-state index in [1.807, 2.05) is 20.2 Å². The zero-order valence-corrected chi connectivity index (χ0v) is 10.3. The van der Waals surface area contributed by atoms with E-state index in [2.05, 4.69) is 25.5 Å². The molecule has 1 aliphatic rings. The minimum Gasteiger partial charge on any atom is -0.378 e. The fraction of sp³-hybridized carbons (Fsp3) is 0.636. The van der Waals surface area contributed by atoms with Crippen molar-refractivity contribution < 1.29 is 4.74 Å². The van der Waals surface area contributed by atoms with E-state index < -0.39 is 0 Å². The quantitative estimate of drug-likeness (QED) is 0.765. The van der Waals surface area contributed by atoms with Crippen molar-refractivity contribution in [1.82, 2.24) is 15.3 Å². The van der Waals surface area contributed by atoms with Crippen molar-refractivity contribution in [2.45, 2.75) is 6.04 Å². The number of ether oxygens (including phenoxy) is 1. The standard InChI is InChI=1S/C11H19N5O/c1-12-10-5-11(15-8-14-10)16(2)6-9-7-17-4-3-13-9/h5,8-9,13H,3-4,6-7H2,1-2H3,(H,12,14,15). The molecule has 1 unspecified atom stereocenters. The molecule has 6 heteroatoms. The summed E-state index contributed by atoms with van der Waals surface area (Å²) in [4.78, 5) is 10.5. The Morgan fingerprint density at radius 2 is 2.47 bits per heavy atom. The van der Waals surface area contributed by atoms with Gasteiger partial charge in [0, 0.05) is 39.3 Å². The summed E-state index contributed by atoms with van der Waals surface area (Å²) in [5.74, 6) is 1.74. The third kappa shape index (κ3) is 3.28. The normalized spacial score (nSPS) is 20.0. The first kappa shape index (κ1) is 12.1. The van der Waals surface area contributed by atoms with Crippen molar-refractivity contribution >= 4 is 11.6 Å². The number of hydrogen-bond donors (Lipinski definition) is 2. The summed E-state index contributed by atoms with van der Waals surface area (Å²) in [7, 11) is 3.88. The third-order valence-corrected chi connectivity index (χ3v) is 2.79. The van der Waals surface area contributed by atoms with E-state index in [-0.39, 0.29) is 0 Å². The maximum Gasteiger partial charge on any atom is 0.133 e. The Labute approximate surface area is 101 Å². The van der Waals surface area contributed by atoms with Crippen LogP contribution < -0.4 is 15.5 Å². The second-order valence-electron chi connectivity index (χ2n) is 4.12. The molecule has 0 radical (unpaired) electrons. The Kier molecular flexibility index (Phi) is 4.11. The van der Waals surface area contributed by atoms with Gasteiger partial charge in [0.1, 0.15) is 18.0 Å². The monoisotopic (exact) mass is 237 g/mol. The molecule has 2 heterocycles. The van der Waals surface area contributed by atoms with Gasteiger partial charge in [0.25, 0.3) is 0 Å². The smallest absolute Gasteiger partial charge is 0.133 e. The third-order valence-electron chi connectivity index (χ3n) is 2.79. The summed E-state index contributed by atoms with van der Waals surface area (Å²) in [5, 5.41) is 6.43. The van der Waals surface area contributed by atoms with Crippen LogP contribution in [0.4, 0.5) is 11.6 Å². The molecule has 1 aliphatic heterocycles. The highest BCUT2D eigenvalue weighted by Gasteiger charge is 2.15. The Hall–Kier alpha value is -1.40. The van der Waals surface area contributed by atoms with Gasteiger partial charge in [-0.25, -0.2) is 9.97 Å². The van der Waals surface area contributed by atoms with Crippen LogP contribution in [0.25, 0.3) is 0 Å². The fourth-order valence-corrected chi connectivity index (χ4v) is 1.85. The van der Waals surface area contributed by atoms with Gasteiger partial charge in [-0.15, -0.1) is 0 Å². The highest BCUT2D eigenvalue weighted by atomic mass is 16.5. The Bertz CT molecular complexity index is 353. The van der Waals surface area contributed by atoms with Gasteiger partial charge in [-0.05, 0) is 0 Å². The molecule has 6 nitrogen and oxygen atoms in total. The SMILES string of the molecule is CNc1cc(N(C)CC2COCCN2)ncn1. The first-order chi connectivity index (χ1) is 8.29. The van der Waals surface area contributed by atoms with Crippen LogP contribution in [-0.4, -0.2) is 56.4 Å². The van der Waals surface area contributed by atoms with Crippen LogP contribution in [0.2, 0.25) is 0 Å². The van der Waals surface area contributed by atoms with Crippen LogP contribution in [0, 0.1) is 0 Å². The van der Waals surface area contributed by atoms with E-state index in [0.29, 0.717) is 6.04 Å². The molecule has 1 aromatic rings. The molecule has 1 fully saturated rings. The zero-order valence-electron chi connectivity index (χ0n) is 10.3. The summed E-state index contributed by atoms with van der Waals surface area (Å²) in [5.41, 5.74) is 0. The maximum absolute atomic E-state index is 5.43. The lowest BCUT2D eigenvalue weighted by Gasteiger charge is -2.28. The highest BCUT2D eigenvalue weighted by Crippen LogP contribution is 2.12. The topological polar surface area (TPSA) is 62.3 Å². The minimum absolute atomic E-state index is 0.363. The van der Waals surface area contributed by atoms with Crippen molar-refractivity contribution in [1.29, 1.82) is 0 Å². The van der Waals surface area contributed by atoms with Crippen molar-refractivity contribution in [3.8, 4) is 0 Å². The molecule has 2 N–H and O–H groups in total. The van der Waals surface area contributed by atoms with Crippen LogP contribution >= 0.6 is 0 Å². The van der Waals surface area contributed by atoms with E-state index in [9.17, 15) is 0 Å². The van der Waals surface area contributed by atoms with E-state index >= 15 is 0 Å². The molecule has 0 spiro atoms. The highest BCUT2D eigenvalue weighted by molar-refractivity contribution is 5.47. The molecule has 0 amide bonds. The molecule has 1 saturated heterocycles. The first-order valence-electron chi connectivity index (χ1n) is 5.81. The van der Waals surface area contributed by atoms with Gasteiger partial charge in [-0.1, -0.05) is 0 Å². The minimum atomic E-state index is 0.363. The average Bonchev–Trinajstić information content (AvgIpc) is 2.40. The van der Waals surface area contributed by atoms with Crippen molar-refractivity contribution in [3.63, 3.8) is 0 Å². The van der Waals surface area contributed by atoms with Gasteiger partial charge >= 0.3 is 0 Å². The van der Waals surface area contributed by atoms with Crippen molar-refractivity contribution in [2.24, 2.45) is 0 Å². The van der Waals surface area contributed by atoms with Gasteiger partial charge in [0.2, 0.25) is 0 Å². The van der Waals surface area contributed by atoms with Gasteiger partial charge < -0.3 is 20.3 Å². The fourth-order valence-electron chi connectivity index (χ4n) is 1.85. The Balaban J connectivity index is 1.95. The average molecular weight is 237 g/mol. The molecular weight excluding hydrogens is 218 g/mol. The van der Waals surface area contributed by atoms with Gasteiger partial charge in [0.05, 0.1) is 13.2 Å². The summed E-state index contributed by atoms with van der Waals surface area (Å²) >= 11 is 0. The lowest BCUT2D eigenvalue weighted by Crippen LogP contribution is -2.47. The number of nitrogens with zero attached hydrogens (tertiary/aromatic N) is 3. The molecule has 94 valence electrons. The molecule has 17 heavy (non-hydrogen) atoms. The van der Waals surface area contributed by atoms with Gasteiger partial charge in [-0.2, -0.15) is 0 Å². The van der Waals surface area contributed by atoms with Crippen LogP contribution in [0.15, 0.2) is 12.4 Å². The van der Waals surface area contributed by atoms with Crippen molar-refractivity contribution in [2.75, 3.05) is 50.6 Å². The van der Waals surface area contributed by atoms with Crippen LogP contribution in [0.5, 0.6) is 0 Å². The van der Waals surface area contributed by atoms with E-state index in [1.165, 1.54) is 0 Å². The number of anilines is 2. The predicted octanol–water partition coefficient (Wildman–Crippen LogP) is -0.0571. The second-order valence-corrected chi connectivity index (χ2v) is 4.12. The molecule has 1 aromatic heterocycles. The Morgan fingerprint density at radius 3 is 3.18 bits per heavy atom. The largest absolute Gasteiger partial charge is 0.378 e. The lowest BCUT2D eigenvalue weighted by molar-refractivity contribution is 0.0790. The molecule has 0 aliphatic carbocycles. The van der Waals surface area contributed by atoms with Gasteiger partial charge in [-0.3, -0.25) is 0 Å². The second kappa shape index (κ2) is 5.79. The van der Waals surface area contributed by atoms with Gasteiger partial charge in [0.15, 0.2) is 0 Å². The van der Waals surface area contributed by atoms with Crippen LogP contribution in [0.3, 0.4) is 0 Å². The number of hydrogen-bond acceptors (Lipinski definition) is 6. The molecule has 0 aromatic carbocycles. The zero-order chi connectivity index (χ0) is 12.1.